The monoisotopic (exact) mass is 347 g/mol. The van der Waals surface area contributed by atoms with Gasteiger partial charge in [0.2, 0.25) is 0 Å². The number of nitrogens with zero attached hydrogens (tertiary/aromatic N) is 1. The molecule has 1 aliphatic carbocycles. The van der Waals surface area contributed by atoms with Crippen molar-refractivity contribution in [1.29, 1.82) is 0 Å². The number of rotatable bonds is 6. The summed E-state index contributed by atoms with van der Waals surface area (Å²) >= 11 is 0. The van der Waals surface area contributed by atoms with Crippen LogP contribution in [-0.4, -0.2) is 35.6 Å². The molecular weight excluding hydrogens is 322 g/mol. The molecule has 0 radical (unpaired) electrons. The molecule has 1 heterocycles. The Balaban J connectivity index is 1.81. The minimum Gasteiger partial charge on any atom is -0.493 e. The molecule has 6 nitrogen and oxygen atoms in total. The molecular formula is C19H25NO5. The highest BCUT2D eigenvalue weighted by atomic mass is 16.7. The molecule has 136 valence electrons. The third-order valence-electron chi connectivity index (χ3n) is 5.02. The van der Waals surface area contributed by atoms with Crippen LogP contribution in [0.1, 0.15) is 57.4 Å². The van der Waals surface area contributed by atoms with E-state index in [0.29, 0.717) is 17.9 Å². The van der Waals surface area contributed by atoms with E-state index in [-0.39, 0.29) is 5.60 Å². The van der Waals surface area contributed by atoms with Crippen LogP contribution < -0.4 is 9.47 Å². The first-order valence-corrected chi connectivity index (χ1v) is 8.90. The summed E-state index contributed by atoms with van der Waals surface area (Å²) in [5.74, 6) is -0.0606. The number of aliphatic carboxylic acids is 1. The van der Waals surface area contributed by atoms with E-state index in [1.54, 1.807) is 19.1 Å². The second-order valence-electron chi connectivity index (χ2n) is 6.77. The first kappa shape index (κ1) is 17.6. The van der Waals surface area contributed by atoms with E-state index in [4.69, 9.17) is 14.3 Å². The number of carboxylic acid groups (broad SMARTS) is 1. The van der Waals surface area contributed by atoms with Gasteiger partial charge in [0.15, 0.2) is 17.6 Å². The van der Waals surface area contributed by atoms with Crippen molar-refractivity contribution in [2.45, 2.75) is 63.6 Å². The Morgan fingerprint density at radius 3 is 2.72 bits per heavy atom. The lowest BCUT2D eigenvalue weighted by Crippen LogP contribution is -2.31. The van der Waals surface area contributed by atoms with E-state index >= 15 is 0 Å². The number of ether oxygens (including phenoxy) is 2. The van der Waals surface area contributed by atoms with Gasteiger partial charge in [0.05, 0.1) is 12.8 Å². The highest BCUT2D eigenvalue weighted by molar-refractivity contribution is 6.02. The molecule has 0 saturated heterocycles. The standard InChI is InChI=1S/C19H25NO5/c1-3-15(18(21)22)24-17-11-13(7-8-16(17)23-2)14-12-19(25-20-14)9-5-4-6-10-19/h7-8,11,15H,3-6,9-10,12H2,1-2H3,(H,21,22). The van der Waals surface area contributed by atoms with Gasteiger partial charge in [-0.2, -0.15) is 0 Å². The highest BCUT2D eigenvalue weighted by Gasteiger charge is 2.40. The summed E-state index contributed by atoms with van der Waals surface area (Å²) in [4.78, 5) is 17.1. The number of carboxylic acids is 1. The third kappa shape index (κ3) is 3.72. The number of hydrogen-bond donors (Lipinski definition) is 1. The Kier molecular flexibility index (Phi) is 5.16. The Bertz CT molecular complexity index is 664. The first-order chi connectivity index (χ1) is 12.1. The Morgan fingerprint density at radius 1 is 1.32 bits per heavy atom. The molecule has 1 aromatic carbocycles. The lowest BCUT2D eigenvalue weighted by atomic mass is 9.81. The second-order valence-corrected chi connectivity index (χ2v) is 6.77. The third-order valence-corrected chi connectivity index (χ3v) is 5.02. The smallest absolute Gasteiger partial charge is 0.344 e. The maximum absolute atomic E-state index is 11.3. The number of hydrogen-bond acceptors (Lipinski definition) is 5. The van der Waals surface area contributed by atoms with Gasteiger partial charge in [-0.1, -0.05) is 18.5 Å². The molecule has 1 aromatic rings. The van der Waals surface area contributed by atoms with Crippen molar-refractivity contribution < 1.29 is 24.2 Å². The normalized spacial score (nSPS) is 19.8. The maximum atomic E-state index is 11.3. The van der Waals surface area contributed by atoms with Crippen LogP contribution in [0.2, 0.25) is 0 Å². The van der Waals surface area contributed by atoms with E-state index in [1.165, 1.54) is 26.4 Å². The fraction of sp³-hybridized carbons (Fsp3) is 0.579. The fourth-order valence-electron chi connectivity index (χ4n) is 3.55. The van der Waals surface area contributed by atoms with Gasteiger partial charge in [0.1, 0.15) is 5.60 Å². The molecule has 0 aromatic heterocycles. The average Bonchev–Trinajstić information content (AvgIpc) is 3.03. The van der Waals surface area contributed by atoms with Gasteiger partial charge in [-0.3, -0.25) is 0 Å². The van der Waals surface area contributed by atoms with Crippen molar-refractivity contribution in [3.8, 4) is 11.5 Å². The largest absolute Gasteiger partial charge is 0.493 e. The predicted octanol–water partition coefficient (Wildman–Crippen LogP) is 3.76. The van der Waals surface area contributed by atoms with Crippen LogP contribution >= 0.6 is 0 Å². The molecule has 1 N–H and O–H groups in total. The molecule has 1 fully saturated rings. The minimum absolute atomic E-state index is 0.151. The lowest BCUT2D eigenvalue weighted by molar-refractivity contribution is -0.145. The van der Waals surface area contributed by atoms with Gasteiger partial charge in [0, 0.05) is 12.0 Å². The summed E-state index contributed by atoms with van der Waals surface area (Å²) in [6.07, 6.45) is 5.94. The molecule has 2 aliphatic rings. The number of carbonyl (C=O) groups is 1. The summed E-state index contributed by atoms with van der Waals surface area (Å²) in [6.45, 7) is 1.77. The first-order valence-electron chi connectivity index (χ1n) is 8.90. The summed E-state index contributed by atoms with van der Waals surface area (Å²) in [5.41, 5.74) is 1.62. The molecule has 0 amide bonds. The lowest BCUT2D eigenvalue weighted by Gasteiger charge is -2.30. The Hall–Kier alpha value is -2.24. The SMILES string of the molecule is CCC(Oc1cc(C2=NOC3(CCCCC3)C2)ccc1OC)C(=O)O. The number of methoxy groups -OCH3 is 1. The van der Waals surface area contributed by atoms with Gasteiger partial charge in [0.25, 0.3) is 0 Å². The zero-order chi connectivity index (χ0) is 17.9. The van der Waals surface area contributed by atoms with Crippen LogP contribution in [0.4, 0.5) is 0 Å². The van der Waals surface area contributed by atoms with Crippen molar-refractivity contribution in [3.63, 3.8) is 0 Å². The summed E-state index contributed by atoms with van der Waals surface area (Å²) in [6, 6.07) is 5.50. The highest BCUT2D eigenvalue weighted by Crippen LogP contribution is 2.40. The molecule has 1 unspecified atom stereocenters. The van der Waals surface area contributed by atoms with Gasteiger partial charge < -0.3 is 19.4 Å². The molecule has 3 rings (SSSR count). The van der Waals surface area contributed by atoms with E-state index in [9.17, 15) is 9.90 Å². The predicted molar refractivity (Wildman–Crippen MR) is 93.4 cm³/mol. The Morgan fingerprint density at radius 2 is 2.08 bits per heavy atom. The van der Waals surface area contributed by atoms with Gasteiger partial charge in [-0.25, -0.2) is 4.79 Å². The number of benzene rings is 1. The summed E-state index contributed by atoms with van der Waals surface area (Å²) in [7, 11) is 1.54. The van der Waals surface area contributed by atoms with Crippen LogP contribution in [0.25, 0.3) is 0 Å². The maximum Gasteiger partial charge on any atom is 0.344 e. The van der Waals surface area contributed by atoms with Crippen LogP contribution in [0.5, 0.6) is 11.5 Å². The van der Waals surface area contributed by atoms with Gasteiger partial charge in [-0.15, -0.1) is 0 Å². The second kappa shape index (κ2) is 7.33. The molecule has 6 heteroatoms. The van der Waals surface area contributed by atoms with Crippen LogP contribution in [0.3, 0.4) is 0 Å². The minimum atomic E-state index is -0.988. The molecule has 0 bridgehead atoms. The summed E-state index contributed by atoms with van der Waals surface area (Å²) < 4.78 is 11.0. The van der Waals surface area contributed by atoms with E-state index < -0.39 is 12.1 Å². The van der Waals surface area contributed by atoms with E-state index in [0.717, 1.165) is 30.5 Å². The Labute approximate surface area is 147 Å². The van der Waals surface area contributed by atoms with E-state index in [1.807, 2.05) is 6.07 Å². The van der Waals surface area contributed by atoms with Gasteiger partial charge in [-0.05, 0) is 50.3 Å². The van der Waals surface area contributed by atoms with Crippen molar-refractivity contribution >= 4 is 11.7 Å². The zero-order valence-electron chi connectivity index (χ0n) is 14.8. The van der Waals surface area contributed by atoms with Crippen LogP contribution in [0, 0.1) is 0 Å². The molecule has 1 aliphatic heterocycles. The quantitative estimate of drug-likeness (QED) is 0.848. The molecule has 1 saturated carbocycles. The molecule has 1 spiro atoms. The van der Waals surface area contributed by atoms with Crippen molar-refractivity contribution in [2.24, 2.45) is 5.16 Å². The zero-order valence-corrected chi connectivity index (χ0v) is 14.8. The van der Waals surface area contributed by atoms with Crippen molar-refractivity contribution in [2.75, 3.05) is 7.11 Å². The van der Waals surface area contributed by atoms with Crippen LogP contribution in [-0.2, 0) is 9.63 Å². The topological polar surface area (TPSA) is 77.3 Å². The molecule has 1 atom stereocenters. The van der Waals surface area contributed by atoms with E-state index in [2.05, 4.69) is 5.16 Å². The van der Waals surface area contributed by atoms with Crippen LogP contribution in [0.15, 0.2) is 23.4 Å². The fourth-order valence-corrected chi connectivity index (χ4v) is 3.55. The summed E-state index contributed by atoms with van der Waals surface area (Å²) in [5, 5.41) is 13.6. The molecule has 25 heavy (non-hydrogen) atoms. The van der Waals surface area contributed by atoms with Crippen molar-refractivity contribution in [1.82, 2.24) is 0 Å². The number of oxime groups is 1. The average molecular weight is 347 g/mol. The van der Waals surface area contributed by atoms with Gasteiger partial charge >= 0.3 is 5.97 Å². The van der Waals surface area contributed by atoms with Crippen molar-refractivity contribution in [3.05, 3.63) is 23.8 Å².